The third kappa shape index (κ3) is 6.05. The zero-order chi connectivity index (χ0) is 14.3. The Balaban J connectivity index is 0.00000361. The molecule has 1 heterocycles. The van der Waals surface area contributed by atoms with E-state index in [-0.39, 0.29) is 58.1 Å². The molecule has 5 heteroatoms. The molecule has 0 aromatic rings. The van der Waals surface area contributed by atoms with Gasteiger partial charge >= 0.3 is 0 Å². The average Bonchev–Trinajstić information content (AvgIpc) is 2.69. The standard InChI is InChI=1S/C15H27N2O2.Sm/c1-4-12(2)13-11-14(18)17(15(13)19)10-8-6-5-7-9-16-3;/h13,16H,4-11H2,1-3H3;/q-1;. The van der Waals surface area contributed by atoms with Crippen molar-refractivity contribution in [1.82, 2.24) is 10.2 Å². The summed E-state index contributed by atoms with van der Waals surface area (Å²) in [4.78, 5) is 25.5. The number of likely N-dealkylation sites (tertiary alicyclic amines) is 1. The van der Waals surface area contributed by atoms with Crippen LogP contribution in [0.4, 0.5) is 0 Å². The van der Waals surface area contributed by atoms with E-state index in [0.717, 1.165) is 44.6 Å². The molecule has 1 atom stereocenters. The molecule has 1 fully saturated rings. The summed E-state index contributed by atoms with van der Waals surface area (Å²) >= 11 is 0. The van der Waals surface area contributed by atoms with Crippen molar-refractivity contribution < 1.29 is 50.0 Å². The Morgan fingerprint density at radius 2 is 1.90 bits per heavy atom. The number of hydrogen-bond acceptors (Lipinski definition) is 3. The number of rotatable bonds is 9. The van der Waals surface area contributed by atoms with Crippen molar-refractivity contribution in [1.29, 1.82) is 0 Å². The van der Waals surface area contributed by atoms with Gasteiger partial charge in [0, 0.05) is 53.4 Å². The molecule has 0 saturated carbocycles. The van der Waals surface area contributed by atoms with E-state index in [1.165, 1.54) is 4.90 Å². The molecule has 1 saturated heterocycles. The summed E-state index contributed by atoms with van der Waals surface area (Å²) in [6, 6.07) is 0. The fourth-order valence-corrected chi connectivity index (χ4v) is 2.47. The van der Waals surface area contributed by atoms with Crippen molar-refractivity contribution in [3.05, 3.63) is 5.92 Å². The molecule has 1 rings (SSSR count). The number of nitrogens with one attached hydrogen (secondary N) is 1. The molecule has 0 aliphatic carbocycles. The van der Waals surface area contributed by atoms with Gasteiger partial charge in [-0.1, -0.05) is 25.7 Å². The van der Waals surface area contributed by atoms with Gasteiger partial charge in [-0.25, -0.2) is 0 Å². The smallest absolute Gasteiger partial charge is 0.227 e. The van der Waals surface area contributed by atoms with Crippen molar-refractivity contribution in [2.75, 3.05) is 20.1 Å². The van der Waals surface area contributed by atoms with Crippen molar-refractivity contribution in [2.45, 2.75) is 52.4 Å². The number of carbonyl (C=O) groups is 2. The van der Waals surface area contributed by atoms with E-state index < -0.39 is 0 Å². The maximum atomic E-state index is 12.2. The molecule has 1 aliphatic heterocycles. The zero-order valence-corrected chi connectivity index (χ0v) is 15.5. The van der Waals surface area contributed by atoms with Gasteiger partial charge in [0.2, 0.25) is 11.8 Å². The van der Waals surface area contributed by atoms with Gasteiger partial charge in [0.1, 0.15) is 0 Å². The fourth-order valence-electron chi connectivity index (χ4n) is 2.47. The van der Waals surface area contributed by atoms with Gasteiger partial charge in [-0.3, -0.25) is 14.5 Å². The van der Waals surface area contributed by atoms with E-state index in [4.69, 9.17) is 0 Å². The van der Waals surface area contributed by atoms with Crippen LogP contribution in [-0.2, 0) is 9.59 Å². The van der Waals surface area contributed by atoms with Gasteiger partial charge in [0.15, 0.2) is 0 Å². The predicted octanol–water partition coefficient (Wildman–Crippen LogP) is 2.15. The largest absolute Gasteiger partial charge is 0.320 e. The van der Waals surface area contributed by atoms with Crippen molar-refractivity contribution in [2.24, 2.45) is 5.92 Å². The van der Waals surface area contributed by atoms with Crippen LogP contribution < -0.4 is 5.32 Å². The molecular formula is C15H27N2O2Sm-. The van der Waals surface area contributed by atoms with Crippen LogP contribution in [-0.4, -0.2) is 36.9 Å². The van der Waals surface area contributed by atoms with Gasteiger partial charge in [-0.2, -0.15) is 13.3 Å². The van der Waals surface area contributed by atoms with Gasteiger partial charge in [0.25, 0.3) is 0 Å². The minimum Gasteiger partial charge on any atom is -0.320 e. The second-order valence-electron chi connectivity index (χ2n) is 5.36. The Morgan fingerprint density at radius 3 is 2.50 bits per heavy atom. The summed E-state index contributed by atoms with van der Waals surface area (Å²) in [5.41, 5.74) is 0. The Labute approximate surface area is 155 Å². The summed E-state index contributed by atoms with van der Waals surface area (Å²) in [5, 5.41) is 3.12. The number of nitrogens with zero attached hydrogens (tertiary/aromatic N) is 1. The molecule has 0 spiro atoms. The van der Waals surface area contributed by atoms with Gasteiger partial charge in [0.05, 0.1) is 0 Å². The van der Waals surface area contributed by atoms with Crippen LogP contribution in [0.5, 0.6) is 0 Å². The molecule has 2 amide bonds. The Bertz CT molecular complexity index is 310. The van der Waals surface area contributed by atoms with Crippen molar-refractivity contribution >= 4 is 11.8 Å². The second kappa shape index (κ2) is 11.1. The number of hydrogen-bond donors (Lipinski definition) is 1. The molecule has 20 heavy (non-hydrogen) atoms. The summed E-state index contributed by atoms with van der Waals surface area (Å²) in [6.07, 6.45) is 5.59. The summed E-state index contributed by atoms with van der Waals surface area (Å²) < 4.78 is 0. The first-order valence-corrected chi connectivity index (χ1v) is 7.43. The average molecular weight is 418 g/mol. The normalized spacial score (nSPS) is 18.8. The van der Waals surface area contributed by atoms with Crippen LogP contribution >= 0.6 is 0 Å². The monoisotopic (exact) mass is 419 g/mol. The molecule has 0 aromatic carbocycles. The van der Waals surface area contributed by atoms with Crippen molar-refractivity contribution in [3.8, 4) is 0 Å². The van der Waals surface area contributed by atoms with Crippen molar-refractivity contribution in [3.63, 3.8) is 0 Å². The fraction of sp³-hybridized carbons (Fsp3) is 0.800. The van der Waals surface area contributed by atoms with E-state index in [0.29, 0.717) is 13.0 Å². The maximum absolute atomic E-state index is 12.2. The molecular weight excluding hydrogens is 391 g/mol. The topological polar surface area (TPSA) is 49.4 Å². The number of amides is 2. The second-order valence-corrected chi connectivity index (χ2v) is 5.36. The summed E-state index contributed by atoms with van der Waals surface area (Å²) in [6.45, 7) is 5.66. The van der Waals surface area contributed by atoms with Crippen LogP contribution in [0.15, 0.2) is 0 Å². The van der Waals surface area contributed by atoms with Crippen LogP contribution in [0.2, 0.25) is 0 Å². The first-order chi connectivity index (χ1) is 9.11. The molecule has 1 N–H and O–H groups in total. The Morgan fingerprint density at radius 1 is 1.25 bits per heavy atom. The molecule has 0 bridgehead atoms. The predicted molar refractivity (Wildman–Crippen MR) is 76.4 cm³/mol. The number of imide groups is 1. The minimum absolute atomic E-state index is 0. The van der Waals surface area contributed by atoms with Crippen LogP contribution in [0, 0.1) is 52.2 Å². The van der Waals surface area contributed by atoms with E-state index in [2.05, 4.69) is 5.32 Å². The van der Waals surface area contributed by atoms with Gasteiger partial charge in [-0.15, -0.1) is 0 Å². The Hall–Kier alpha value is 0.438. The SMILES string of the molecule is CC[C-](C)C1CC(=O)N(CCCCCCNC)C1=O.[Sm]. The van der Waals surface area contributed by atoms with Gasteiger partial charge < -0.3 is 11.2 Å². The summed E-state index contributed by atoms with van der Waals surface area (Å²) in [7, 11) is 1.95. The number of carbonyl (C=O) groups excluding carboxylic acids is 2. The molecule has 0 aromatic heterocycles. The number of unbranched alkanes of at least 4 members (excludes halogenated alkanes) is 3. The van der Waals surface area contributed by atoms with Crippen LogP contribution in [0.1, 0.15) is 52.4 Å². The van der Waals surface area contributed by atoms with Crippen LogP contribution in [0.3, 0.4) is 0 Å². The quantitative estimate of drug-likeness (QED) is 0.355. The third-order valence-corrected chi connectivity index (χ3v) is 3.95. The first-order valence-electron chi connectivity index (χ1n) is 7.43. The molecule has 116 valence electrons. The molecule has 1 unspecified atom stereocenters. The van der Waals surface area contributed by atoms with E-state index in [1.807, 2.05) is 20.9 Å². The van der Waals surface area contributed by atoms with E-state index in [1.54, 1.807) is 0 Å². The molecule has 0 radical (unpaired) electrons. The minimum atomic E-state index is -0.151. The van der Waals surface area contributed by atoms with E-state index in [9.17, 15) is 9.59 Å². The maximum Gasteiger partial charge on any atom is 0.227 e. The Kier molecular flexibility index (Phi) is 11.3. The molecule has 1 aliphatic rings. The molecule has 4 nitrogen and oxygen atoms in total. The van der Waals surface area contributed by atoms with E-state index >= 15 is 0 Å². The first kappa shape index (κ1) is 20.4. The summed E-state index contributed by atoms with van der Waals surface area (Å²) in [5.74, 6) is 1.02. The van der Waals surface area contributed by atoms with Crippen LogP contribution in [0.25, 0.3) is 0 Å². The zero-order valence-electron chi connectivity index (χ0n) is 12.9. The van der Waals surface area contributed by atoms with Gasteiger partial charge in [-0.05, 0) is 26.4 Å². The third-order valence-electron chi connectivity index (χ3n) is 3.95.